The van der Waals surface area contributed by atoms with Crippen LogP contribution < -0.4 is 4.72 Å². The van der Waals surface area contributed by atoms with Gasteiger partial charge in [-0.15, -0.1) is 0 Å². The highest BCUT2D eigenvalue weighted by Gasteiger charge is 2.27. The third-order valence-corrected chi connectivity index (χ3v) is 7.56. The van der Waals surface area contributed by atoms with E-state index in [1.54, 1.807) is 6.20 Å². The smallest absolute Gasteiger partial charge is 0.244 e. The minimum absolute atomic E-state index is 0.254. The van der Waals surface area contributed by atoms with Gasteiger partial charge in [-0.1, -0.05) is 61.4 Å². The molecule has 2 N–H and O–H groups in total. The molecule has 6 nitrogen and oxygen atoms in total. The van der Waals surface area contributed by atoms with Crippen LogP contribution in [0.4, 0.5) is 0 Å². The van der Waals surface area contributed by atoms with Crippen molar-refractivity contribution in [1.82, 2.24) is 19.5 Å². The maximum atomic E-state index is 13.3. The Morgan fingerprint density at radius 1 is 1.03 bits per heavy atom. The quantitative estimate of drug-likeness (QED) is 0.444. The lowest BCUT2D eigenvalue weighted by Gasteiger charge is -2.08. The molecular formula is C24H26N4O2S. The topological polar surface area (TPSA) is 79.8 Å². The van der Waals surface area contributed by atoms with E-state index in [0.29, 0.717) is 18.7 Å². The lowest BCUT2D eigenvalue weighted by Crippen LogP contribution is -2.26. The first kappa shape index (κ1) is 20.0. The van der Waals surface area contributed by atoms with Crippen LogP contribution in [0.2, 0.25) is 0 Å². The Balaban J connectivity index is 1.40. The molecule has 0 unspecified atom stereocenters. The predicted octanol–water partition coefficient (Wildman–Crippen LogP) is 4.67. The summed E-state index contributed by atoms with van der Waals surface area (Å²) in [5, 5.41) is 5.85. The van der Waals surface area contributed by atoms with Crippen molar-refractivity contribution in [3.8, 4) is 11.3 Å². The van der Waals surface area contributed by atoms with Gasteiger partial charge in [-0.25, -0.2) is 13.1 Å². The predicted molar refractivity (Wildman–Crippen MR) is 122 cm³/mol. The first-order chi connectivity index (χ1) is 15.1. The second-order valence-electron chi connectivity index (χ2n) is 8.13. The van der Waals surface area contributed by atoms with Gasteiger partial charge in [0.2, 0.25) is 10.0 Å². The summed E-state index contributed by atoms with van der Waals surface area (Å²) in [6.07, 6.45) is 8.69. The van der Waals surface area contributed by atoms with Gasteiger partial charge in [-0.05, 0) is 30.9 Å². The highest BCUT2D eigenvalue weighted by atomic mass is 32.2. The zero-order valence-corrected chi connectivity index (χ0v) is 18.1. The third kappa shape index (κ3) is 4.03. The summed E-state index contributed by atoms with van der Waals surface area (Å²) in [7, 11) is -3.70. The molecule has 2 aromatic heterocycles. The fraction of sp³-hybridized carbons (Fsp3) is 0.292. The van der Waals surface area contributed by atoms with E-state index in [1.807, 2.05) is 59.4 Å². The molecule has 1 aliphatic carbocycles. The second kappa shape index (κ2) is 8.32. The van der Waals surface area contributed by atoms with Crippen LogP contribution in [0.15, 0.2) is 71.9 Å². The summed E-state index contributed by atoms with van der Waals surface area (Å²) >= 11 is 0. The van der Waals surface area contributed by atoms with Gasteiger partial charge in [0.15, 0.2) is 0 Å². The van der Waals surface area contributed by atoms with Gasteiger partial charge in [0.25, 0.3) is 0 Å². The molecule has 1 saturated carbocycles. The molecule has 5 rings (SSSR count). The van der Waals surface area contributed by atoms with Crippen LogP contribution in [0.25, 0.3) is 22.2 Å². The molecule has 0 bridgehead atoms. The monoisotopic (exact) mass is 434 g/mol. The zero-order chi connectivity index (χ0) is 21.3. The van der Waals surface area contributed by atoms with E-state index in [2.05, 4.69) is 15.8 Å². The number of para-hydroxylation sites is 1. The Labute approximate surface area is 182 Å². The van der Waals surface area contributed by atoms with Crippen LogP contribution in [-0.2, 0) is 16.4 Å². The molecule has 7 heteroatoms. The van der Waals surface area contributed by atoms with Gasteiger partial charge >= 0.3 is 0 Å². The van der Waals surface area contributed by atoms with Crippen molar-refractivity contribution >= 4 is 20.9 Å². The largest absolute Gasteiger partial charge is 0.361 e. The van der Waals surface area contributed by atoms with Crippen molar-refractivity contribution in [2.24, 2.45) is 0 Å². The molecular weight excluding hydrogens is 408 g/mol. The highest BCUT2D eigenvalue weighted by Crippen LogP contribution is 2.33. The number of nitrogens with zero attached hydrogens (tertiary/aromatic N) is 2. The van der Waals surface area contributed by atoms with E-state index < -0.39 is 10.0 Å². The molecule has 0 saturated heterocycles. The van der Waals surface area contributed by atoms with E-state index in [1.165, 1.54) is 0 Å². The van der Waals surface area contributed by atoms with E-state index in [-0.39, 0.29) is 10.9 Å². The molecule has 0 atom stereocenters. The Morgan fingerprint density at radius 3 is 2.58 bits per heavy atom. The summed E-state index contributed by atoms with van der Waals surface area (Å²) in [4.78, 5) is 3.50. The van der Waals surface area contributed by atoms with E-state index in [4.69, 9.17) is 5.10 Å². The average molecular weight is 435 g/mol. The number of sulfonamides is 1. The van der Waals surface area contributed by atoms with Crippen LogP contribution in [0.3, 0.4) is 0 Å². The first-order valence-electron chi connectivity index (χ1n) is 10.8. The minimum atomic E-state index is -3.70. The van der Waals surface area contributed by atoms with Crippen molar-refractivity contribution in [3.05, 3.63) is 72.6 Å². The van der Waals surface area contributed by atoms with Crippen LogP contribution in [-0.4, -0.2) is 29.7 Å². The lowest BCUT2D eigenvalue weighted by molar-refractivity contribution is 0.467. The number of aromatic nitrogens is 3. The van der Waals surface area contributed by atoms with Crippen LogP contribution >= 0.6 is 0 Å². The number of benzene rings is 2. The Hall–Kier alpha value is -2.90. The molecule has 4 aromatic rings. The molecule has 31 heavy (non-hydrogen) atoms. The molecule has 0 radical (unpaired) electrons. The Morgan fingerprint density at radius 2 is 1.77 bits per heavy atom. The first-order valence-corrected chi connectivity index (χ1v) is 12.3. The highest BCUT2D eigenvalue weighted by molar-refractivity contribution is 7.89. The summed E-state index contributed by atoms with van der Waals surface area (Å²) < 4.78 is 31.2. The number of hydrogen-bond acceptors (Lipinski definition) is 3. The number of fused-ring (bicyclic) bond motifs is 1. The molecule has 1 fully saturated rings. The number of nitrogens with one attached hydrogen (secondary N) is 2. The van der Waals surface area contributed by atoms with Crippen molar-refractivity contribution in [2.75, 3.05) is 6.54 Å². The normalized spacial score (nSPS) is 15.1. The minimum Gasteiger partial charge on any atom is -0.361 e. The van der Waals surface area contributed by atoms with Crippen molar-refractivity contribution in [1.29, 1.82) is 0 Å². The van der Waals surface area contributed by atoms with Crippen LogP contribution in [0, 0.1) is 0 Å². The standard InChI is InChI=1S/C24H26N4O2S/c29-31(30,26-15-14-19-16-25-22-13-7-6-12-21(19)22)23-17-28(20-10-4-5-11-20)27-24(23)18-8-2-1-3-9-18/h1-3,6-9,12-13,16-17,20,25-26H,4-5,10-11,14-15H2. The Kier molecular flexibility index (Phi) is 5.38. The average Bonchev–Trinajstić information content (AvgIpc) is 3.54. The summed E-state index contributed by atoms with van der Waals surface area (Å²) in [5.41, 5.74) is 3.50. The van der Waals surface area contributed by atoms with Crippen molar-refractivity contribution in [2.45, 2.75) is 43.0 Å². The van der Waals surface area contributed by atoms with E-state index in [0.717, 1.165) is 47.7 Å². The molecule has 0 spiro atoms. The van der Waals surface area contributed by atoms with Crippen LogP contribution in [0.1, 0.15) is 37.3 Å². The van der Waals surface area contributed by atoms with Gasteiger partial charge in [0, 0.05) is 35.4 Å². The van der Waals surface area contributed by atoms with Crippen molar-refractivity contribution < 1.29 is 8.42 Å². The van der Waals surface area contributed by atoms with Gasteiger partial charge in [-0.2, -0.15) is 5.10 Å². The maximum absolute atomic E-state index is 13.3. The van der Waals surface area contributed by atoms with Crippen LogP contribution in [0.5, 0.6) is 0 Å². The van der Waals surface area contributed by atoms with Crippen molar-refractivity contribution in [3.63, 3.8) is 0 Å². The Bertz CT molecular complexity index is 1290. The molecule has 0 aliphatic heterocycles. The fourth-order valence-electron chi connectivity index (χ4n) is 4.46. The van der Waals surface area contributed by atoms with Gasteiger partial charge < -0.3 is 4.98 Å². The fourth-order valence-corrected chi connectivity index (χ4v) is 5.65. The summed E-state index contributed by atoms with van der Waals surface area (Å²) in [5.74, 6) is 0. The molecule has 0 amide bonds. The number of H-pyrrole nitrogens is 1. The molecule has 2 aromatic carbocycles. The summed E-state index contributed by atoms with van der Waals surface area (Å²) in [6, 6.07) is 17.9. The zero-order valence-electron chi connectivity index (χ0n) is 17.3. The third-order valence-electron chi connectivity index (χ3n) is 6.10. The van der Waals surface area contributed by atoms with Gasteiger partial charge in [0.05, 0.1) is 6.04 Å². The molecule has 1 aliphatic rings. The second-order valence-corrected chi connectivity index (χ2v) is 9.87. The van der Waals surface area contributed by atoms with E-state index >= 15 is 0 Å². The SMILES string of the molecule is O=S(=O)(NCCc1c[nH]c2ccccc12)c1cn(C2CCCC2)nc1-c1ccccc1. The lowest BCUT2D eigenvalue weighted by atomic mass is 10.1. The van der Waals surface area contributed by atoms with Gasteiger partial charge in [0.1, 0.15) is 10.6 Å². The molecule has 2 heterocycles. The summed E-state index contributed by atoms with van der Waals surface area (Å²) in [6.45, 7) is 0.326. The van der Waals surface area contributed by atoms with E-state index in [9.17, 15) is 8.42 Å². The maximum Gasteiger partial charge on any atom is 0.244 e. The number of rotatable bonds is 7. The van der Waals surface area contributed by atoms with Gasteiger partial charge in [-0.3, -0.25) is 4.68 Å². The number of hydrogen-bond donors (Lipinski definition) is 2. The number of aromatic amines is 1. The molecule has 160 valence electrons.